The van der Waals surface area contributed by atoms with E-state index in [9.17, 15) is 0 Å². The van der Waals surface area contributed by atoms with E-state index in [-0.39, 0.29) is 0 Å². The second kappa shape index (κ2) is 10.1. The van der Waals surface area contributed by atoms with Crippen LogP contribution in [0.4, 0.5) is 0 Å². The molecule has 7 aromatic rings. The van der Waals surface area contributed by atoms with Gasteiger partial charge in [-0.15, -0.1) is 0 Å². The number of rotatable bonds is 4. The maximum atomic E-state index is 6.20. The third kappa shape index (κ3) is 4.32. The largest absolute Gasteiger partial charge is 0.456 e. The molecule has 198 valence electrons. The highest BCUT2D eigenvalue weighted by Crippen LogP contribution is 2.33. The molecule has 0 saturated heterocycles. The van der Waals surface area contributed by atoms with Gasteiger partial charge in [0.05, 0.1) is 11.4 Å². The summed E-state index contributed by atoms with van der Waals surface area (Å²) in [6.45, 7) is 0. The lowest BCUT2D eigenvalue weighted by atomic mass is 9.98. The Hall–Kier alpha value is -5.54. The van der Waals surface area contributed by atoms with Crippen molar-refractivity contribution in [3.8, 4) is 11.1 Å². The molecule has 1 aliphatic rings. The Balaban J connectivity index is 1.24. The number of hydrogen-bond donors (Lipinski definition) is 0. The lowest BCUT2D eigenvalue weighted by Gasteiger charge is -2.09. The van der Waals surface area contributed by atoms with Crippen molar-refractivity contribution in [1.82, 2.24) is 0 Å². The van der Waals surface area contributed by atoms with Crippen molar-refractivity contribution in [2.45, 2.75) is 6.42 Å². The first kappa shape index (κ1) is 24.3. The summed E-state index contributed by atoms with van der Waals surface area (Å²) in [6, 6.07) is 48.5. The summed E-state index contributed by atoms with van der Waals surface area (Å²) < 4.78 is 6.20. The van der Waals surface area contributed by atoms with Crippen LogP contribution in [-0.2, 0) is 0 Å². The van der Waals surface area contributed by atoms with Crippen LogP contribution in [0.2, 0.25) is 0 Å². The fourth-order valence-electron chi connectivity index (χ4n) is 5.83. The summed E-state index contributed by atoms with van der Waals surface area (Å²) in [5.41, 5.74) is 9.11. The third-order valence-electron chi connectivity index (χ3n) is 7.97. The van der Waals surface area contributed by atoms with Crippen molar-refractivity contribution in [2.24, 2.45) is 9.98 Å². The molecule has 1 aromatic heterocycles. The molecule has 0 saturated carbocycles. The van der Waals surface area contributed by atoms with Crippen LogP contribution in [0.1, 0.15) is 23.1 Å². The molecule has 3 heteroatoms. The van der Waals surface area contributed by atoms with Crippen LogP contribution in [0, 0.1) is 0 Å². The Morgan fingerprint density at radius 3 is 2.10 bits per heavy atom. The highest BCUT2D eigenvalue weighted by atomic mass is 16.3. The van der Waals surface area contributed by atoms with E-state index in [0.717, 1.165) is 50.0 Å². The van der Waals surface area contributed by atoms with Crippen molar-refractivity contribution in [2.75, 3.05) is 0 Å². The van der Waals surface area contributed by atoms with Crippen LogP contribution in [0.5, 0.6) is 0 Å². The summed E-state index contributed by atoms with van der Waals surface area (Å²) in [5.74, 6) is 0.688. The molecule has 0 spiro atoms. The maximum Gasteiger partial charge on any atom is 0.160 e. The van der Waals surface area contributed by atoms with Crippen LogP contribution < -0.4 is 0 Å². The van der Waals surface area contributed by atoms with Gasteiger partial charge in [-0.05, 0) is 51.2 Å². The van der Waals surface area contributed by atoms with Gasteiger partial charge in [-0.1, -0.05) is 127 Å². The van der Waals surface area contributed by atoms with Gasteiger partial charge in [0, 0.05) is 22.8 Å². The zero-order valence-electron chi connectivity index (χ0n) is 22.9. The molecule has 0 aliphatic carbocycles. The Bertz CT molecular complexity index is 2200. The zero-order valence-corrected chi connectivity index (χ0v) is 22.9. The molecule has 0 amide bonds. The van der Waals surface area contributed by atoms with Gasteiger partial charge in [-0.3, -0.25) is 0 Å². The van der Waals surface area contributed by atoms with Crippen LogP contribution in [0.3, 0.4) is 0 Å². The van der Waals surface area contributed by atoms with Gasteiger partial charge in [0.15, 0.2) is 5.84 Å². The number of hydrogen-bond acceptors (Lipinski definition) is 3. The second-order valence-electron chi connectivity index (χ2n) is 10.6. The van der Waals surface area contributed by atoms with E-state index in [2.05, 4.69) is 97.1 Å². The molecular weight excluding hydrogens is 512 g/mol. The molecule has 2 heterocycles. The highest BCUT2D eigenvalue weighted by Gasteiger charge is 2.18. The van der Waals surface area contributed by atoms with Gasteiger partial charge in [0.25, 0.3) is 0 Å². The van der Waals surface area contributed by atoms with E-state index < -0.39 is 0 Å². The topological polar surface area (TPSA) is 37.9 Å². The predicted octanol–water partition coefficient (Wildman–Crippen LogP) is 10.1. The molecule has 0 unspecified atom stereocenters. The monoisotopic (exact) mass is 538 g/mol. The minimum atomic E-state index is 0.675. The fraction of sp³-hybridized carbons (Fsp3) is 0.0256. The minimum Gasteiger partial charge on any atom is -0.456 e. The Kier molecular flexibility index (Phi) is 5.86. The SMILES string of the molecule is C1=C(c2ccccc2)N=C(c2cccc3oc4ccccc4c23)N=C(c2ccc(-c3ccc4ccccc4c3)cc2)C1. The van der Waals surface area contributed by atoms with E-state index in [0.29, 0.717) is 12.3 Å². The highest BCUT2D eigenvalue weighted by molar-refractivity contribution is 6.23. The smallest absolute Gasteiger partial charge is 0.160 e. The molecule has 42 heavy (non-hydrogen) atoms. The molecule has 0 bridgehead atoms. The fourth-order valence-corrected chi connectivity index (χ4v) is 5.83. The molecule has 8 rings (SSSR count). The number of fused-ring (bicyclic) bond motifs is 4. The zero-order chi connectivity index (χ0) is 27.9. The Morgan fingerprint density at radius 1 is 0.500 bits per heavy atom. The first-order valence-electron chi connectivity index (χ1n) is 14.2. The van der Waals surface area contributed by atoms with Crippen LogP contribution in [0.25, 0.3) is 49.5 Å². The number of furan rings is 1. The van der Waals surface area contributed by atoms with Crippen LogP contribution >= 0.6 is 0 Å². The van der Waals surface area contributed by atoms with Crippen molar-refractivity contribution in [3.05, 3.63) is 162 Å². The lowest BCUT2D eigenvalue weighted by molar-refractivity contribution is 0.669. The predicted molar refractivity (Wildman–Crippen MR) is 175 cm³/mol. The van der Waals surface area contributed by atoms with Crippen molar-refractivity contribution in [3.63, 3.8) is 0 Å². The number of benzene rings is 6. The van der Waals surface area contributed by atoms with Gasteiger partial charge in [0.2, 0.25) is 0 Å². The number of aliphatic imine (C=N–C) groups is 2. The number of para-hydroxylation sites is 1. The summed E-state index contributed by atoms with van der Waals surface area (Å²) >= 11 is 0. The van der Waals surface area contributed by atoms with Gasteiger partial charge in [0.1, 0.15) is 11.2 Å². The maximum absolute atomic E-state index is 6.20. The molecular formula is C39H26N2O. The van der Waals surface area contributed by atoms with E-state index in [4.69, 9.17) is 14.4 Å². The molecule has 0 N–H and O–H groups in total. The summed E-state index contributed by atoms with van der Waals surface area (Å²) in [6.07, 6.45) is 2.86. The first-order valence-corrected chi connectivity index (χ1v) is 14.2. The second-order valence-corrected chi connectivity index (χ2v) is 10.6. The van der Waals surface area contributed by atoms with Crippen molar-refractivity contribution in [1.29, 1.82) is 0 Å². The van der Waals surface area contributed by atoms with Crippen LogP contribution in [-0.4, -0.2) is 11.5 Å². The molecule has 3 nitrogen and oxygen atoms in total. The summed E-state index contributed by atoms with van der Waals surface area (Å²) in [5, 5.41) is 4.60. The molecule has 0 radical (unpaired) electrons. The van der Waals surface area contributed by atoms with Gasteiger partial charge in [-0.2, -0.15) is 0 Å². The van der Waals surface area contributed by atoms with E-state index in [1.165, 1.54) is 21.9 Å². The molecule has 6 aromatic carbocycles. The lowest BCUT2D eigenvalue weighted by Crippen LogP contribution is -2.05. The van der Waals surface area contributed by atoms with Gasteiger partial charge >= 0.3 is 0 Å². The third-order valence-corrected chi connectivity index (χ3v) is 7.97. The molecule has 1 aliphatic heterocycles. The number of amidine groups is 1. The normalized spacial score (nSPS) is 13.6. The summed E-state index contributed by atoms with van der Waals surface area (Å²) in [7, 11) is 0. The van der Waals surface area contributed by atoms with Crippen LogP contribution in [0.15, 0.2) is 160 Å². The molecule has 0 fully saturated rings. The van der Waals surface area contributed by atoms with E-state index in [1.807, 2.05) is 48.5 Å². The Labute approximate surface area is 243 Å². The summed E-state index contributed by atoms with van der Waals surface area (Å²) in [4.78, 5) is 10.4. The van der Waals surface area contributed by atoms with E-state index >= 15 is 0 Å². The average Bonchev–Trinajstić information content (AvgIpc) is 3.30. The van der Waals surface area contributed by atoms with E-state index in [1.54, 1.807) is 0 Å². The van der Waals surface area contributed by atoms with Gasteiger partial charge in [-0.25, -0.2) is 9.98 Å². The number of allylic oxidation sites excluding steroid dienone is 1. The van der Waals surface area contributed by atoms with Crippen molar-refractivity contribution >= 4 is 50.0 Å². The Morgan fingerprint density at radius 2 is 1.21 bits per heavy atom. The van der Waals surface area contributed by atoms with Crippen molar-refractivity contribution < 1.29 is 4.42 Å². The quantitative estimate of drug-likeness (QED) is 0.220. The standard InChI is InChI=1S/C39H26N2O/c1-2-10-28(11-3-1)34-23-24-35(29-20-17-27(18-21-29)31-22-19-26-9-4-5-12-30(26)25-31)41-39(40-34)33-14-8-16-37-38(33)32-13-6-7-15-36(32)42-37/h1-23,25H,24H2. The first-order chi connectivity index (χ1) is 20.8. The molecule has 0 atom stereocenters. The number of nitrogens with zero attached hydrogens (tertiary/aromatic N) is 2. The van der Waals surface area contributed by atoms with Gasteiger partial charge < -0.3 is 4.42 Å². The average molecular weight is 539 g/mol. The minimum absolute atomic E-state index is 0.675.